The van der Waals surface area contributed by atoms with E-state index in [1.54, 1.807) is 11.0 Å². The van der Waals surface area contributed by atoms with Crippen molar-refractivity contribution in [3.8, 4) is 0 Å². The predicted octanol–water partition coefficient (Wildman–Crippen LogP) is 5.26. The summed E-state index contributed by atoms with van der Waals surface area (Å²) in [6.45, 7) is 6.47. The highest BCUT2D eigenvalue weighted by molar-refractivity contribution is 7.89. The summed E-state index contributed by atoms with van der Waals surface area (Å²) >= 11 is -1.41. The molecule has 10 nitrogen and oxygen atoms in total. The van der Waals surface area contributed by atoms with E-state index in [0.717, 1.165) is 58.2 Å². The molecular weight excluding hydrogens is 658 g/mol. The van der Waals surface area contributed by atoms with Crippen LogP contribution in [0.4, 0.5) is 14.9 Å². The van der Waals surface area contributed by atoms with Crippen LogP contribution in [-0.2, 0) is 38.7 Å². The van der Waals surface area contributed by atoms with Gasteiger partial charge in [0.2, 0.25) is 5.91 Å². The van der Waals surface area contributed by atoms with E-state index in [4.69, 9.17) is 9.47 Å². The number of anilines is 1. The van der Waals surface area contributed by atoms with E-state index in [0.29, 0.717) is 44.5 Å². The van der Waals surface area contributed by atoms with Gasteiger partial charge >= 0.3 is 6.09 Å². The Labute approximate surface area is 297 Å². The SMILES string of the molecule is CC1CC2CC(C)(NC(=O)OCCOCCN[S+]([O-])c3cccc4c(N(C)C)cccc34)CC(NCC(=O)N3Cc4ccc(F)cc4C3)(C1)C2. The van der Waals surface area contributed by atoms with Crippen molar-refractivity contribution in [2.75, 3.05) is 51.9 Å². The van der Waals surface area contributed by atoms with Crippen molar-refractivity contribution < 1.29 is 28.0 Å². The lowest BCUT2D eigenvalue weighted by molar-refractivity contribution is -0.131. The smallest absolute Gasteiger partial charge is 0.407 e. The Morgan fingerprint density at radius 3 is 2.62 bits per heavy atom. The molecule has 2 fully saturated rings. The fraction of sp³-hybridized carbons (Fsp3) is 0.526. The third kappa shape index (κ3) is 8.54. The number of hydrogen-bond acceptors (Lipinski definition) is 8. The maximum atomic E-state index is 13.7. The fourth-order valence-electron chi connectivity index (χ4n) is 8.69. The van der Waals surface area contributed by atoms with Crippen LogP contribution >= 0.6 is 0 Å². The van der Waals surface area contributed by atoms with Crippen LogP contribution in [-0.4, -0.2) is 79.5 Å². The number of carbonyl (C=O) groups is 2. The van der Waals surface area contributed by atoms with Crippen molar-refractivity contribution in [1.29, 1.82) is 0 Å². The van der Waals surface area contributed by atoms with Crippen molar-refractivity contribution in [3.63, 3.8) is 0 Å². The molecule has 3 aliphatic rings. The van der Waals surface area contributed by atoms with Gasteiger partial charge in [-0.05, 0) is 92.3 Å². The Morgan fingerprint density at radius 2 is 1.80 bits per heavy atom. The minimum Gasteiger partial charge on any atom is -0.593 e. The first kappa shape index (κ1) is 36.4. The van der Waals surface area contributed by atoms with Gasteiger partial charge in [0.25, 0.3) is 0 Å². The summed E-state index contributed by atoms with van der Waals surface area (Å²) in [6.07, 6.45) is 4.04. The molecule has 3 N–H and O–H groups in total. The van der Waals surface area contributed by atoms with Crippen molar-refractivity contribution in [1.82, 2.24) is 20.3 Å². The summed E-state index contributed by atoms with van der Waals surface area (Å²) in [5.74, 6) is 0.652. The Hall–Kier alpha value is -3.42. The van der Waals surface area contributed by atoms with Gasteiger partial charge in [-0.25, -0.2) is 9.18 Å². The van der Waals surface area contributed by atoms with Gasteiger partial charge in [-0.2, -0.15) is 0 Å². The number of carbonyl (C=O) groups excluding carboxylic acids is 2. The highest BCUT2D eigenvalue weighted by atomic mass is 32.2. The van der Waals surface area contributed by atoms with Gasteiger partial charge in [0.15, 0.2) is 4.90 Å². The zero-order valence-corrected chi connectivity index (χ0v) is 30.4. The van der Waals surface area contributed by atoms with Crippen LogP contribution in [0.15, 0.2) is 59.5 Å². The van der Waals surface area contributed by atoms with Crippen LogP contribution in [0.3, 0.4) is 0 Å². The first-order valence-corrected chi connectivity index (χ1v) is 18.7. The lowest BCUT2D eigenvalue weighted by atomic mass is 9.58. The molecule has 3 aromatic rings. The highest BCUT2D eigenvalue weighted by Crippen LogP contribution is 2.49. The lowest BCUT2D eigenvalue weighted by Crippen LogP contribution is -2.64. The average Bonchev–Trinajstić information content (AvgIpc) is 3.48. The summed E-state index contributed by atoms with van der Waals surface area (Å²) in [6, 6.07) is 16.5. The normalized spacial score (nSPS) is 24.9. The van der Waals surface area contributed by atoms with Gasteiger partial charge < -0.3 is 34.5 Å². The van der Waals surface area contributed by atoms with Gasteiger partial charge in [-0.1, -0.05) is 31.2 Å². The number of fused-ring (bicyclic) bond motifs is 4. The fourth-order valence-corrected chi connectivity index (χ4v) is 9.69. The molecule has 2 bridgehead atoms. The molecule has 2 saturated carbocycles. The van der Waals surface area contributed by atoms with Gasteiger partial charge in [0, 0.05) is 54.7 Å². The van der Waals surface area contributed by atoms with E-state index in [2.05, 4.69) is 29.2 Å². The van der Waals surface area contributed by atoms with Gasteiger partial charge in [-0.15, -0.1) is 4.72 Å². The van der Waals surface area contributed by atoms with Gasteiger partial charge in [0.1, 0.15) is 12.4 Å². The van der Waals surface area contributed by atoms with E-state index in [9.17, 15) is 18.5 Å². The number of rotatable bonds is 13. The quantitative estimate of drug-likeness (QED) is 0.163. The minimum atomic E-state index is -1.41. The number of nitrogens with one attached hydrogen (secondary N) is 3. The number of benzene rings is 3. The third-order valence-electron chi connectivity index (χ3n) is 10.4. The summed E-state index contributed by atoms with van der Waals surface area (Å²) in [4.78, 5) is 30.7. The van der Waals surface area contributed by atoms with Gasteiger partial charge in [-0.3, -0.25) is 4.79 Å². The van der Waals surface area contributed by atoms with Crippen LogP contribution in [0.25, 0.3) is 10.8 Å². The Morgan fingerprint density at radius 1 is 1.02 bits per heavy atom. The van der Waals surface area contributed by atoms with E-state index in [-0.39, 0.29) is 37.0 Å². The van der Waals surface area contributed by atoms with Crippen LogP contribution in [0.2, 0.25) is 0 Å². The molecule has 270 valence electrons. The summed E-state index contributed by atoms with van der Waals surface area (Å²) < 4.78 is 41.0. The van der Waals surface area contributed by atoms with Crippen LogP contribution in [0.5, 0.6) is 0 Å². The number of hydrogen-bond donors (Lipinski definition) is 3. The predicted molar refractivity (Wildman–Crippen MR) is 194 cm³/mol. The zero-order valence-electron chi connectivity index (χ0n) is 29.6. The Kier molecular flexibility index (Phi) is 11.2. The largest absolute Gasteiger partial charge is 0.593 e. The molecule has 1 aliphatic heterocycles. The van der Waals surface area contributed by atoms with Crippen LogP contribution < -0.4 is 20.3 Å². The number of halogens is 1. The van der Waals surface area contributed by atoms with E-state index in [1.807, 2.05) is 55.4 Å². The summed E-state index contributed by atoms with van der Waals surface area (Å²) in [5.41, 5.74) is 2.17. The molecule has 0 aromatic heterocycles. The van der Waals surface area contributed by atoms with E-state index < -0.39 is 23.0 Å². The van der Waals surface area contributed by atoms with Crippen molar-refractivity contribution in [2.45, 2.75) is 75.0 Å². The number of amides is 2. The average molecular weight is 708 g/mol. The monoisotopic (exact) mass is 707 g/mol. The topological polar surface area (TPSA) is 118 Å². The molecule has 5 unspecified atom stereocenters. The molecule has 0 saturated heterocycles. The minimum absolute atomic E-state index is 0.000923. The molecule has 12 heteroatoms. The third-order valence-corrected chi connectivity index (χ3v) is 11.6. The second-order valence-electron chi connectivity index (χ2n) is 14.9. The molecule has 5 atom stereocenters. The number of nitrogens with zero attached hydrogens (tertiary/aromatic N) is 2. The highest BCUT2D eigenvalue weighted by Gasteiger charge is 2.50. The molecule has 6 rings (SSSR count). The molecule has 2 amide bonds. The number of ether oxygens (including phenoxy) is 2. The molecule has 50 heavy (non-hydrogen) atoms. The summed E-state index contributed by atoms with van der Waals surface area (Å²) in [5, 5.41) is 8.76. The Bertz CT molecular complexity index is 1690. The lowest BCUT2D eigenvalue weighted by Gasteiger charge is -2.54. The molecule has 2 aliphatic carbocycles. The molecule has 3 aromatic carbocycles. The number of alkyl carbamates (subject to hydrolysis) is 1. The molecule has 0 spiro atoms. The van der Waals surface area contributed by atoms with Crippen molar-refractivity contribution in [3.05, 3.63) is 71.5 Å². The van der Waals surface area contributed by atoms with Crippen LogP contribution in [0, 0.1) is 17.7 Å². The Balaban J connectivity index is 0.928. The maximum Gasteiger partial charge on any atom is 0.407 e. The van der Waals surface area contributed by atoms with Crippen molar-refractivity contribution in [2.24, 2.45) is 11.8 Å². The van der Waals surface area contributed by atoms with E-state index in [1.165, 1.54) is 12.1 Å². The first-order chi connectivity index (χ1) is 23.9. The van der Waals surface area contributed by atoms with Crippen molar-refractivity contribution >= 4 is 39.8 Å². The standard InChI is InChI=1S/C38H50FN5O5S/c1-26-17-27-20-37(2,25-38(19-26,21-27)40-22-35(45)44-23-28-11-12-30(39)18-29(28)24-44)42-36(46)49-16-15-48-14-13-41-50(47)34-10-6-7-31-32(34)8-5-9-33(31)43(3)4/h5-12,18,26-27,40-41H,13-17,19-25H2,1-4H3,(H,42,46). The zero-order chi connectivity index (χ0) is 35.5. The van der Waals surface area contributed by atoms with Crippen LogP contribution in [0.1, 0.15) is 57.1 Å². The first-order valence-electron chi connectivity index (χ1n) is 17.6. The second-order valence-corrected chi connectivity index (χ2v) is 16.2. The molecular formula is C38H50FN5O5S. The maximum absolute atomic E-state index is 13.7. The second kappa shape index (κ2) is 15.4. The van der Waals surface area contributed by atoms with Gasteiger partial charge in [0.05, 0.1) is 37.7 Å². The summed E-state index contributed by atoms with van der Waals surface area (Å²) in [7, 11) is 3.98. The molecule has 0 radical (unpaired) electrons. The molecule has 1 heterocycles. The van der Waals surface area contributed by atoms with E-state index >= 15 is 0 Å².